The number of nitrogens with one attached hydrogen (secondary N) is 11. The lowest BCUT2D eigenvalue weighted by molar-refractivity contribution is -0.149. The average molecular weight is 1530 g/mol. The van der Waals surface area contributed by atoms with Crippen LogP contribution in [0.2, 0.25) is 0 Å². The number of carbonyl (C=O) groups is 15. The molecule has 0 bridgehead atoms. The Balaban J connectivity index is 1.54. The number of guanidine groups is 1. The van der Waals surface area contributed by atoms with E-state index in [1.54, 1.807) is 58.0 Å². The van der Waals surface area contributed by atoms with Crippen molar-refractivity contribution in [3.8, 4) is 0 Å². The predicted octanol–water partition coefficient (Wildman–Crippen LogP) is -4.87. The maximum atomic E-state index is 14.9. The molecule has 0 radical (unpaired) electrons. The van der Waals surface area contributed by atoms with Crippen LogP contribution in [0, 0.1) is 11.8 Å². The largest absolute Gasteiger partial charge is 0.481 e. The molecule has 4 aliphatic heterocycles. The number of nitrogens with two attached hydrogens (primary N) is 2. The van der Waals surface area contributed by atoms with Gasteiger partial charge < -0.3 is 100.0 Å². The first-order valence-electron chi connectivity index (χ1n) is 35.4. The number of thiol groups is 3. The Kier molecular flexibility index (Phi) is 34.4. The predicted molar refractivity (Wildman–Crippen MR) is 392 cm³/mol. The number of aliphatic carboxylic acids is 1. The van der Waals surface area contributed by atoms with E-state index in [1.165, 1.54) is 28.5 Å². The van der Waals surface area contributed by atoms with Gasteiger partial charge in [0.15, 0.2) is 5.96 Å². The molecule has 14 amide bonds. The molecule has 0 spiro atoms. The van der Waals surface area contributed by atoms with Crippen molar-refractivity contribution in [3.63, 3.8) is 0 Å². The fraction of sp³-hybridized carbons (Fsp3) is 0.672. The molecule has 1 aromatic rings. The quantitative estimate of drug-likeness (QED) is 0.0284. The number of benzene rings is 1. The molecule has 0 saturated carbocycles. The van der Waals surface area contributed by atoms with Gasteiger partial charge in [0.1, 0.15) is 78.5 Å². The van der Waals surface area contributed by atoms with Crippen molar-refractivity contribution in [1.29, 1.82) is 0 Å². The van der Waals surface area contributed by atoms with Gasteiger partial charge in [-0.15, -0.1) is 0 Å². The van der Waals surface area contributed by atoms with Crippen LogP contribution in [-0.4, -0.2) is 265 Å². The Morgan fingerprint density at radius 3 is 1.59 bits per heavy atom. The minimum atomic E-state index is -1.88. The highest BCUT2D eigenvalue weighted by Crippen LogP contribution is 2.28. The van der Waals surface area contributed by atoms with Gasteiger partial charge in [-0.2, -0.15) is 37.9 Å². The third kappa shape index (κ3) is 25.1. The van der Waals surface area contributed by atoms with Crippen LogP contribution in [0.3, 0.4) is 0 Å². The Bertz CT molecular complexity index is 3310. The number of hydrogen-bond donors (Lipinski definition) is 19. The SMILES string of the molecule is CC[C@H](C)[C@@H]1NC(=O)[C@@H]2CCCN2C(=O)[C@@H]2CCCN2C(=O)[C@H]([C@@H](C)CC)NC(=O)[C@H](CO)NC(=O)[C@H](CCS)NC(=O)[C@H]([C@H](C)O)NC(=O)[C@@H](C(C)(C)S)NC(=O)[C@H](CCCN=C(N)N)NC(=O)CNC(=O)[C@H](CC(=O)O)NC(=O)[C@@H]2CCCN2C(=O)[C@H](Cc2ccccc2)NC(=O)[C@H](CS)NC1=O. The number of aliphatic hydroxyl groups is 2. The molecular weight excluding hydrogens is 1430 g/mol. The van der Waals surface area contributed by atoms with Crippen LogP contribution >= 0.6 is 37.9 Å². The number of carbonyl (C=O) groups excluding carboxylic acids is 14. The van der Waals surface area contributed by atoms with E-state index < -0.39 is 209 Å². The number of amides is 14. The van der Waals surface area contributed by atoms with Crippen LogP contribution in [0.25, 0.3) is 0 Å². The minimum Gasteiger partial charge on any atom is -0.481 e. The van der Waals surface area contributed by atoms with Crippen molar-refractivity contribution < 1.29 is 87.2 Å². The summed E-state index contributed by atoms with van der Waals surface area (Å²) in [6.07, 6.45) is -1.39. The van der Waals surface area contributed by atoms with Crippen LogP contribution in [0.1, 0.15) is 131 Å². The summed E-state index contributed by atoms with van der Waals surface area (Å²) in [6.45, 7) is 8.90. The van der Waals surface area contributed by atoms with Gasteiger partial charge in [0.25, 0.3) is 0 Å². The zero-order valence-electron chi connectivity index (χ0n) is 60.2. The molecule has 0 aliphatic carbocycles. The second-order valence-corrected chi connectivity index (χ2v) is 29.4. The van der Waals surface area contributed by atoms with Gasteiger partial charge in [0.05, 0.1) is 25.7 Å². The Labute approximate surface area is 626 Å². The van der Waals surface area contributed by atoms with Crippen LogP contribution in [0.4, 0.5) is 0 Å². The first-order valence-corrected chi connectivity index (χ1v) is 37.1. The molecule has 4 aliphatic rings. The monoisotopic (exact) mass is 1530 g/mol. The van der Waals surface area contributed by atoms with E-state index in [1.807, 2.05) is 0 Å². The van der Waals surface area contributed by atoms with Gasteiger partial charge in [-0.1, -0.05) is 70.9 Å². The molecule has 0 aromatic heterocycles. The van der Waals surface area contributed by atoms with E-state index >= 15 is 0 Å². The molecule has 105 heavy (non-hydrogen) atoms. The molecule has 4 fully saturated rings. The Hall–Kier alpha value is -8.49. The number of fused-ring (bicyclic) bond motifs is 3. The lowest BCUT2D eigenvalue weighted by Crippen LogP contribution is -2.64. The first kappa shape index (κ1) is 87.1. The van der Waals surface area contributed by atoms with Crippen molar-refractivity contribution in [2.24, 2.45) is 28.3 Å². The molecule has 1 aromatic carbocycles. The molecular formula is C67H105N17O18S3. The fourth-order valence-electron chi connectivity index (χ4n) is 12.7. The number of carboxylic acid groups (broad SMARTS) is 1. The first-order chi connectivity index (χ1) is 49.6. The number of hydrogen-bond acceptors (Lipinski definition) is 21. The topological polar surface area (TPSA) is 523 Å². The average Bonchev–Trinajstić information content (AvgIpc) is 1.70. The summed E-state index contributed by atoms with van der Waals surface area (Å²) >= 11 is 13.2. The summed E-state index contributed by atoms with van der Waals surface area (Å²) in [7, 11) is 0. The number of aliphatic hydroxyl groups excluding tert-OH is 2. The van der Waals surface area contributed by atoms with Crippen LogP contribution in [0.15, 0.2) is 35.3 Å². The zero-order valence-corrected chi connectivity index (χ0v) is 62.9. The number of carboxylic acids is 1. The summed E-state index contributed by atoms with van der Waals surface area (Å²) in [5.74, 6) is -16.5. The maximum absolute atomic E-state index is 14.9. The lowest BCUT2D eigenvalue weighted by atomic mass is 9.96. The van der Waals surface area contributed by atoms with Gasteiger partial charge in [0, 0.05) is 43.1 Å². The summed E-state index contributed by atoms with van der Waals surface area (Å²) in [5.41, 5.74) is 11.6. The van der Waals surface area contributed by atoms with E-state index in [9.17, 15) is 87.2 Å². The van der Waals surface area contributed by atoms with Gasteiger partial charge in [0.2, 0.25) is 82.7 Å². The van der Waals surface area contributed by atoms with E-state index in [0.29, 0.717) is 31.2 Å². The Morgan fingerprint density at radius 1 is 0.562 bits per heavy atom. The van der Waals surface area contributed by atoms with Gasteiger partial charge in [-0.25, -0.2) is 0 Å². The maximum Gasteiger partial charge on any atom is 0.305 e. The van der Waals surface area contributed by atoms with Crippen molar-refractivity contribution in [1.82, 2.24) is 73.2 Å². The van der Waals surface area contributed by atoms with Crippen molar-refractivity contribution in [3.05, 3.63) is 35.9 Å². The van der Waals surface area contributed by atoms with Crippen molar-refractivity contribution in [2.45, 2.75) is 221 Å². The molecule has 0 unspecified atom stereocenters. The number of aliphatic imine (C=N–C) groups is 1. The molecule has 38 heteroatoms. The third-order valence-corrected chi connectivity index (χ3v) is 19.9. The normalized spacial score (nSPS) is 28.1. The smallest absolute Gasteiger partial charge is 0.305 e. The number of nitrogens with zero attached hydrogens (tertiary/aromatic N) is 4. The Morgan fingerprint density at radius 2 is 1.04 bits per heavy atom. The lowest BCUT2D eigenvalue weighted by Gasteiger charge is -2.35. The standard InChI is InChI=1S/C67H105N17O18S3/c1-8-34(3)49-60(97)77-43(33-104)57(94)75-41(29-37-17-11-10-12-18-37)63(100)82-25-14-20-44(82)58(95)74-40(30-48(88)89)53(90)71-31-47(87)72-38(19-13-24-70-66(68)69)55(92)81-52(67(6,7)105)62(99)80-51(36(5)86)61(98)73-39(23-28-103)54(91)76-42(32-85)56(93)79-50(35(4)9-2)65(102)84-27-16-22-46(84)64(101)83-26-15-21-45(83)59(96)78-49/h10-12,17-18,34-36,38-46,49-52,85-86,103-105H,8-9,13-16,19-33H2,1-7H3,(H,71,90)(H,72,87)(H,73,98)(H,74,95)(H,75,94)(H,76,91)(H,77,97)(H,78,96)(H,79,93)(H,80,99)(H,81,92)(H,88,89)(H4,68,69,70)/t34-,35-,36-,38-,39-,40-,41-,42-,43-,44-,45-,46-,49-,50-,51-,52-/m0/s1. The van der Waals surface area contributed by atoms with Crippen molar-refractivity contribution in [2.75, 3.05) is 50.8 Å². The highest BCUT2D eigenvalue weighted by molar-refractivity contribution is 7.81. The molecule has 4 heterocycles. The van der Waals surface area contributed by atoms with E-state index in [2.05, 4.69) is 101 Å². The van der Waals surface area contributed by atoms with E-state index in [-0.39, 0.29) is 95.0 Å². The van der Waals surface area contributed by atoms with E-state index in [0.717, 1.165) is 6.92 Å². The minimum absolute atomic E-state index is 0.0108. The zero-order chi connectivity index (χ0) is 78.2. The third-order valence-electron chi connectivity index (χ3n) is 19.0. The second-order valence-electron chi connectivity index (χ2n) is 27.4. The van der Waals surface area contributed by atoms with Crippen LogP contribution < -0.4 is 70.0 Å². The summed E-state index contributed by atoms with van der Waals surface area (Å²) in [4.78, 5) is 221. The van der Waals surface area contributed by atoms with Gasteiger partial charge in [-0.05, 0) is 102 Å². The van der Waals surface area contributed by atoms with Crippen LogP contribution in [-0.2, 0) is 78.3 Å². The molecule has 5 rings (SSSR count). The van der Waals surface area contributed by atoms with Crippen molar-refractivity contribution >= 4 is 133 Å². The molecule has 584 valence electrons. The fourth-order valence-corrected chi connectivity index (χ4v) is 13.4. The van der Waals surface area contributed by atoms with Gasteiger partial charge in [-0.3, -0.25) is 76.9 Å². The molecule has 18 N–H and O–H groups in total. The van der Waals surface area contributed by atoms with E-state index in [4.69, 9.17) is 11.5 Å². The summed E-state index contributed by atoms with van der Waals surface area (Å²) < 4.78 is -1.51. The second kappa shape index (κ2) is 41.4. The van der Waals surface area contributed by atoms with Crippen LogP contribution in [0.5, 0.6) is 0 Å². The molecule has 4 saturated heterocycles. The summed E-state index contributed by atoms with van der Waals surface area (Å²) in [6, 6.07) is -10.9. The van der Waals surface area contributed by atoms with Gasteiger partial charge >= 0.3 is 5.97 Å². The molecule has 35 nitrogen and oxygen atoms in total. The highest BCUT2D eigenvalue weighted by Gasteiger charge is 2.47. The number of rotatable bonds is 18. The highest BCUT2D eigenvalue weighted by atomic mass is 32.1. The molecule has 16 atom stereocenters. The summed E-state index contributed by atoms with van der Waals surface area (Å²) in [5, 5.41) is 59.2.